The first-order valence-electron chi connectivity index (χ1n) is 7.10. The molecule has 1 aliphatic heterocycles. The molecule has 2 aliphatic rings. The second-order valence-electron chi connectivity index (χ2n) is 5.53. The lowest BCUT2D eigenvalue weighted by molar-refractivity contribution is 0.123. The van der Waals surface area contributed by atoms with Crippen molar-refractivity contribution in [3.05, 3.63) is 33.8 Å². The van der Waals surface area contributed by atoms with Gasteiger partial charge in [0.25, 0.3) is 0 Å². The number of piperidine rings is 1. The van der Waals surface area contributed by atoms with Gasteiger partial charge in [0.05, 0.1) is 0 Å². The van der Waals surface area contributed by atoms with Gasteiger partial charge < -0.3 is 0 Å². The number of halogens is 1. The predicted octanol–water partition coefficient (Wildman–Crippen LogP) is 3.30. The molecular formula is C15H21BrN2. The van der Waals surface area contributed by atoms with Crippen molar-refractivity contribution < 1.29 is 0 Å². The molecule has 0 radical (unpaired) electrons. The highest BCUT2D eigenvalue weighted by Crippen LogP contribution is 2.25. The van der Waals surface area contributed by atoms with Gasteiger partial charge in [0.15, 0.2) is 0 Å². The molecule has 3 heteroatoms. The Labute approximate surface area is 118 Å². The molecule has 1 saturated heterocycles. The van der Waals surface area contributed by atoms with Crippen LogP contribution in [0.15, 0.2) is 22.7 Å². The quantitative estimate of drug-likeness (QED) is 0.902. The summed E-state index contributed by atoms with van der Waals surface area (Å²) >= 11 is 3.56. The zero-order chi connectivity index (χ0) is 12.4. The van der Waals surface area contributed by atoms with Gasteiger partial charge in [-0.1, -0.05) is 28.4 Å². The average molecular weight is 309 g/mol. The fraction of sp³-hybridized carbons (Fsp3) is 0.600. The number of hydrogen-bond acceptors (Lipinski definition) is 2. The molecule has 1 N–H and O–H groups in total. The average Bonchev–Trinajstić information content (AvgIpc) is 2.40. The molecule has 1 heterocycles. The van der Waals surface area contributed by atoms with Crippen LogP contribution in [0.2, 0.25) is 0 Å². The van der Waals surface area contributed by atoms with Crippen LogP contribution in [-0.2, 0) is 12.8 Å². The maximum atomic E-state index is 3.73. The van der Waals surface area contributed by atoms with Crippen LogP contribution in [-0.4, -0.2) is 24.1 Å². The summed E-state index contributed by atoms with van der Waals surface area (Å²) in [6.45, 7) is 2.45. The van der Waals surface area contributed by atoms with Crippen molar-refractivity contribution in [3.8, 4) is 0 Å². The predicted molar refractivity (Wildman–Crippen MR) is 78.5 cm³/mol. The molecule has 1 atom stereocenters. The van der Waals surface area contributed by atoms with Crippen LogP contribution in [0.5, 0.6) is 0 Å². The van der Waals surface area contributed by atoms with Gasteiger partial charge in [-0.3, -0.25) is 5.43 Å². The molecule has 98 valence electrons. The first kappa shape index (κ1) is 12.6. The van der Waals surface area contributed by atoms with E-state index in [9.17, 15) is 0 Å². The van der Waals surface area contributed by atoms with Gasteiger partial charge in [-0.05, 0) is 55.4 Å². The van der Waals surface area contributed by atoms with Gasteiger partial charge in [-0.25, -0.2) is 5.01 Å². The molecule has 3 rings (SSSR count). The van der Waals surface area contributed by atoms with Crippen molar-refractivity contribution in [3.63, 3.8) is 0 Å². The molecule has 1 aromatic rings. The molecule has 0 amide bonds. The maximum Gasteiger partial charge on any atom is 0.0258 e. The van der Waals surface area contributed by atoms with Crippen LogP contribution in [0.4, 0.5) is 0 Å². The zero-order valence-corrected chi connectivity index (χ0v) is 12.4. The molecule has 2 nitrogen and oxygen atoms in total. The minimum atomic E-state index is 0.636. The van der Waals surface area contributed by atoms with E-state index in [1.54, 1.807) is 0 Å². The third-order valence-electron chi connectivity index (χ3n) is 4.12. The largest absolute Gasteiger partial charge is 0.252 e. The molecule has 1 unspecified atom stereocenters. The summed E-state index contributed by atoms with van der Waals surface area (Å²) in [4.78, 5) is 0. The van der Waals surface area contributed by atoms with E-state index in [0.29, 0.717) is 6.04 Å². The topological polar surface area (TPSA) is 15.3 Å². The van der Waals surface area contributed by atoms with E-state index in [4.69, 9.17) is 0 Å². The summed E-state index contributed by atoms with van der Waals surface area (Å²) in [6.07, 6.45) is 7.76. The fourth-order valence-corrected chi connectivity index (χ4v) is 3.52. The number of nitrogens with zero attached hydrogens (tertiary/aromatic N) is 1. The third kappa shape index (κ3) is 2.95. The SMILES string of the molecule is Brc1ccc2c(c1)CCC(NN1CCCCC1)C2. The molecule has 0 spiro atoms. The van der Waals surface area contributed by atoms with Crippen LogP contribution in [0.1, 0.15) is 36.8 Å². The van der Waals surface area contributed by atoms with Gasteiger partial charge in [0, 0.05) is 23.6 Å². The first-order chi connectivity index (χ1) is 8.81. The lowest BCUT2D eigenvalue weighted by atomic mass is 9.88. The standard InChI is InChI=1S/C15H21BrN2/c16-14-6-4-13-11-15(7-5-12(13)10-14)17-18-8-2-1-3-9-18/h4,6,10,15,17H,1-3,5,7-9,11H2. The van der Waals surface area contributed by atoms with Crippen LogP contribution in [0, 0.1) is 0 Å². The van der Waals surface area contributed by atoms with Gasteiger partial charge >= 0.3 is 0 Å². The second-order valence-corrected chi connectivity index (χ2v) is 6.45. The Morgan fingerprint density at radius 2 is 1.94 bits per heavy atom. The fourth-order valence-electron chi connectivity index (χ4n) is 3.12. The van der Waals surface area contributed by atoms with Crippen molar-refractivity contribution in [2.45, 2.75) is 44.6 Å². The molecule has 0 bridgehead atoms. The molecule has 1 aliphatic carbocycles. The van der Waals surface area contributed by atoms with Crippen LogP contribution >= 0.6 is 15.9 Å². The monoisotopic (exact) mass is 308 g/mol. The van der Waals surface area contributed by atoms with Crippen molar-refractivity contribution in [2.75, 3.05) is 13.1 Å². The number of nitrogens with one attached hydrogen (secondary N) is 1. The van der Waals surface area contributed by atoms with Gasteiger partial charge in [-0.2, -0.15) is 0 Å². The summed E-state index contributed by atoms with van der Waals surface area (Å²) in [5, 5.41) is 2.44. The number of benzene rings is 1. The molecule has 18 heavy (non-hydrogen) atoms. The Kier molecular flexibility index (Phi) is 4.02. The van der Waals surface area contributed by atoms with Crippen LogP contribution in [0.3, 0.4) is 0 Å². The van der Waals surface area contributed by atoms with Crippen molar-refractivity contribution >= 4 is 15.9 Å². The second kappa shape index (κ2) is 5.72. The third-order valence-corrected chi connectivity index (χ3v) is 4.61. The Hall–Kier alpha value is -0.380. The van der Waals surface area contributed by atoms with Crippen molar-refractivity contribution in [2.24, 2.45) is 0 Å². The van der Waals surface area contributed by atoms with E-state index < -0.39 is 0 Å². The number of hydrazine groups is 1. The Morgan fingerprint density at radius 3 is 2.78 bits per heavy atom. The minimum absolute atomic E-state index is 0.636. The van der Waals surface area contributed by atoms with Crippen molar-refractivity contribution in [1.82, 2.24) is 10.4 Å². The lowest BCUT2D eigenvalue weighted by Crippen LogP contribution is -2.49. The van der Waals surface area contributed by atoms with E-state index in [1.807, 2.05) is 0 Å². The Balaban J connectivity index is 1.62. The van der Waals surface area contributed by atoms with Gasteiger partial charge in [0.1, 0.15) is 0 Å². The first-order valence-corrected chi connectivity index (χ1v) is 7.89. The highest BCUT2D eigenvalue weighted by molar-refractivity contribution is 9.10. The highest BCUT2D eigenvalue weighted by atomic mass is 79.9. The number of rotatable bonds is 2. The summed E-state index contributed by atoms with van der Waals surface area (Å²) < 4.78 is 1.21. The van der Waals surface area contributed by atoms with E-state index in [1.165, 1.54) is 67.2 Å². The Morgan fingerprint density at radius 1 is 1.11 bits per heavy atom. The van der Waals surface area contributed by atoms with Gasteiger partial charge in [0.2, 0.25) is 0 Å². The molecule has 0 saturated carbocycles. The van der Waals surface area contributed by atoms with E-state index in [-0.39, 0.29) is 0 Å². The number of fused-ring (bicyclic) bond motifs is 1. The van der Waals surface area contributed by atoms with Crippen LogP contribution < -0.4 is 5.43 Å². The number of aryl methyl sites for hydroxylation is 1. The smallest absolute Gasteiger partial charge is 0.0258 e. The van der Waals surface area contributed by atoms with E-state index >= 15 is 0 Å². The van der Waals surface area contributed by atoms with E-state index in [0.717, 1.165) is 0 Å². The minimum Gasteiger partial charge on any atom is -0.252 e. The summed E-state index contributed by atoms with van der Waals surface area (Å²) in [5.74, 6) is 0. The Bertz CT molecular complexity index is 413. The van der Waals surface area contributed by atoms with Crippen LogP contribution in [0.25, 0.3) is 0 Å². The lowest BCUT2D eigenvalue weighted by Gasteiger charge is -2.34. The highest BCUT2D eigenvalue weighted by Gasteiger charge is 2.21. The molecular weight excluding hydrogens is 288 g/mol. The zero-order valence-electron chi connectivity index (χ0n) is 10.8. The molecule has 1 fully saturated rings. The summed E-state index contributed by atoms with van der Waals surface area (Å²) in [5.41, 5.74) is 6.79. The molecule has 1 aromatic carbocycles. The normalized spacial score (nSPS) is 24.8. The summed E-state index contributed by atoms with van der Waals surface area (Å²) in [7, 11) is 0. The number of hydrogen-bond donors (Lipinski definition) is 1. The van der Waals surface area contributed by atoms with E-state index in [2.05, 4.69) is 44.6 Å². The summed E-state index contributed by atoms with van der Waals surface area (Å²) in [6, 6.07) is 7.37. The maximum absolute atomic E-state index is 3.73. The van der Waals surface area contributed by atoms with Gasteiger partial charge in [-0.15, -0.1) is 0 Å². The van der Waals surface area contributed by atoms with Crippen molar-refractivity contribution in [1.29, 1.82) is 0 Å². The molecule has 0 aromatic heterocycles.